The highest BCUT2D eigenvalue weighted by atomic mass is 32.1. The average Bonchev–Trinajstić information content (AvgIpc) is 3.73. The van der Waals surface area contributed by atoms with Crippen LogP contribution in [0.2, 0.25) is 0 Å². The number of nitrogens with two attached hydrogens (primary N) is 1. The van der Waals surface area contributed by atoms with Gasteiger partial charge in [-0.3, -0.25) is 24.4 Å². The molecule has 1 fully saturated rings. The van der Waals surface area contributed by atoms with Gasteiger partial charge in [0, 0.05) is 35.4 Å². The second kappa shape index (κ2) is 11.8. The van der Waals surface area contributed by atoms with Crippen LogP contribution in [-0.4, -0.2) is 67.5 Å². The Balaban J connectivity index is 1.32. The summed E-state index contributed by atoms with van der Waals surface area (Å²) in [5, 5.41) is 3.28. The molecule has 12 nitrogen and oxygen atoms in total. The molecule has 5 aromatic rings. The van der Waals surface area contributed by atoms with Gasteiger partial charge in [0.05, 0.1) is 17.9 Å². The van der Waals surface area contributed by atoms with Crippen molar-refractivity contribution in [3.63, 3.8) is 0 Å². The van der Waals surface area contributed by atoms with Crippen LogP contribution in [0.3, 0.4) is 0 Å². The van der Waals surface area contributed by atoms with Crippen molar-refractivity contribution in [1.82, 2.24) is 29.0 Å². The Kier molecular flexibility index (Phi) is 7.69. The standard InChI is InChI=1S/C31H29N9O3S/c1-19-17-33-30(44-19)36-29(42)20-9-11-22(12-10-20)39-26-27(32)34-18-35-28(26)40(31(39)43)24-7-4-6-23(16-24)38(3)25(41)8-5-15-37(2)21-13-14-21/h4,6-7,9-12,16-18,21H,13-15H2,1-3H3,(H2,32,34,35)(H,33,36,42). The van der Waals surface area contributed by atoms with Crippen molar-refractivity contribution in [3.05, 3.63) is 82.0 Å². The van der Waals surface area contributed by atoms with Gasteiger partial charge >= 0.3 is 11.6 Å². The number of hydrogen-bond acceptors (Lipinski definition) is 9. The number of carbonyl (C=O) groups is 2. The number of amides is 2. The molecule has 0 unspecified atom stereocenters. The SMILES string of the molecule is Cc1cnc(NC(=O)c2ccc(-n3c(=O)n(-c4cccc(N(C)C(=O)C#CCN(C)C5CC5)c4)c4ncnc(N)c43)cc2)s1. The van der Waals surface area contributed by atoms with E-state index in [0.29, 0.717) is 45.9 Å². The number of anilines is 3. The molecule has 0 aliphatic heterocycles. The van der Waals surface area contributed by atoms with E-state index in [0.717, 1.165) is 4.88 Å². The number of thiazole rings is 1. The molecule has 1 aliphatic carbocycles. The van der Waals surface area contributed by atoms with E-state index in [4.69, 9.17) is 5.73 Å². The summed E-state index contributed by atoms with van der Waals surface area (Å²) in [6, 6.07) is 14.1. The van der Waals surface area contributed by atoms with E-state index in [9.17, 15) is 14.4 Å². The predicted octanol–water partition coefficient (Wildman–Crippen LogP) is 3.23. The molecule has 1 aliphatic rings. The Morgan fingerprint density at radius 1 is 1.07 bits per heavy atom. The highest BCUT2D eigenvalue weighted by Crippen LogP contribution is 2.26. The minimum atomic E-state index is -0.448. The maximum Gasteiger partial charge on any atom is 0.339 e. The molecule has 0 atom stereocenters. The van der Waals surface area contributed by atoms with Gasteiger partial charge < -0.3 is 10.6 Å². The molecule has 0 spiro atoms. The molecule has 0 bridgehead atoms. The molecule has 3 heterocycles. The quantitative estimate of drug-likeness (QED) is 0.269. The lowest BCUT2D eigenvalue weighted by molar-refractivity contribution is -0.113. The lowest BCUT2D eigenvalue weighted by Gasteiger charge is -2.15. The van der Waals surface area contributed by atoms with Crippen LogP contribution in [0.1, 0.15) is 28.1 Å². The summed E-state index contributed by atoms with van der Waals surface area (Å²) in [5.41, 5.74) is 8.31. The minimum absolute atomic E-state index is 0.113. The van der Waals surface area contributed by atoms with Crippen molar-refractivity contribution < 1.29 is 9.59 Å². The Hall–Kier alpha value is -5.32. The van der Waals surface area contributed by atoms with Crippen LogP contribution in [0.5, 0.6) is 0 Å². The topological polar surface area (TPSA) is 144 Å². The second-order valence-corrected chi connectivity index (χ2v) is 11.7. The Morgan fingerprint density at radius 3 is 2.55 bits per heavy atom. The van der Waals surface area contributed by atoms with Crippen molar-refractivity contribution in [2.45, 2.75) is 25.8 Å². The van der Waals surface area contributed by atoms with Gasteiger partial charge in [0.1, 0.15) is 11.8 Å². The van der Waals surface area contributed by atoms with Crippen LogP contribution >= 0.6 is 11.3 Å². The number of aryl methyl sites for hydroxylation is 1. The van der Waals surface area contributed by atoms with E-state index in [1.165, 1.54) is 44.5 Å². The van der Waals surface area contributed by atoms with E-state index < -0.39 is 5.69 Å². The van der Waals surface area contributed by atoms with Crippen molar-refractivity contribution in [3.8, 4) is 23.2 Å². The number of rotatable bonds is 7. The molecular weight excluding hydrogens is 578 g/mol. The van der Waals surface area contributed by atoms with Gasteiger partial charge in [-0.05, 0) is 75.2 Å². The molecule has 44 heavy (non-hydrogen) atoms. The molecule has 3 N–H and O–H groups in total. The van der Waals surface area contributed by atoms with Crippen molar-refractivity contribution in [2.75, 3.05) is 36.6 Å². The summed E-state index contributed by atoms with van der Waals surface area (Å²) in [7, 11) is 3.64. The van der Waals surface area contributed by atoms with Gasteiger partial charge in [-0.1, -0.05) is 12.0 Å². The number of nitrogens with one attached hydrogen (secondary N) is 1. The number of carbonyl (C=O) groups excluding carboxylic acids is 2. The van der Waals surface area contributed by atoms with Gasteiger partial charge in [-0.2, -0.15) is 0 Å². The number of nitrogen functional groups attached to an aromatic ring is 1. The Bertz CT molecular complexity index is 2010. The summed E-state index contributed by atoms with van der Waals surface area (Å²) in [5.74, 6) is 5.10. The van der Waals surface area contributed by atoms with Crippen molar-refractivity contribution in [1.29, 1.82) is 0 Å². The van der Waals surface area contributed by atoms with E-state index >= 15 is 0 Å². The lowest BCUT2D eigenvalue weighted by atomic mass is 10.2. The fourth-order valence-electron chi connectivity index (χ4n) is 4.79. The molecule has 3 aromatic heterocycles. The number of fused-ring (bicyclic) bond motifs is 1. The number of aromatic nitrogens is 5. The molecule has 222 valence electrons. The first kappa shape index (κ1) is 28.8. The molecule has 1 saturated carbocycles. The van der Waals surface area contributed by atoms with Gasteiger partial charge in [0.25, 0.3) is 5.91 Å². The highest BCUT2D eigenvalue weighted by Gasteiger charge is 2.25. The molecule has 2 amide bonds. The number of nitrogens with zero attached hydrogens (tertiary/aromatic N) is 7. The number of imidazole rings is 1. The highest BCUT2D eigenvalue weighted by molar-refractivity contribution is 7.15. The van der Waals surface area contributed by atoms with Gasteiger partial charge in [0.2, 0.25) is 0 Å². The fourth-order valence-corrected chi connectivity index (χ4v) is 5.45. The number of hydrogen-bond donors (Lipinski definition) is 2. The van der Waals surface area contributed by atoms with Crippen LogP contribution in [-0.2, 0) is 4.79 Å². The third-order valence-corrected chi connectivity index (χ3v) is 8.18. The largest absolute Gasteiger partial charge is 0.382 e. The van der Waals surface area contributed by atoms with Gasteiger partial charge in [0.15, 0.2) is 16.6 Å². The van der Waals surface area contributed by atoms with Gasteiger partial charge in [-0.15, -0.1) is 11.3 Å². The van der Waals surface area contributed by atoms with Crippen LogP contribution in [0.4, 0.5) is 16.6 Å². The van der Waals surface area contributed by atoms with E-state index in [-0.39, 0.29) is 23.3 Å². The zero-order valence-corrected chi connectivity index (χ0v) is 25.1. The summed E-state index contributed by atoms with van der Waals surface area (Å²) in [4.78, 5) is 56.8. The lowest BCUT2D eigenvalue weighted by Crippen LogP contribution is -2.26. The molecule has 13 heteroatoms. The van der Waals surface area contributed by atoms with Crippen LogP contribution in [0.25, 0.3) is 22.5 Å². The van der Waals surface area contributed by atoms with E-state index in [1.807, 2.05) is 14.0 Å². The van der Waals surface area contributed by atoms with Crippen molar-refractivity contribution in [2.24, 2.45) is 0 Å². The molecule has 0 saturated heterocycles. The summed E-state index contributed by atoms with van der Waals surface area (Å²) in [6.07, 6.45) is 5.31. The summed E-state index contributed by atoms with van der Waals surface area (Å²) < 4.78 is 2.82. The Labute approximate surface area is 256 Å². The van der Waals surface area contributed by atoms with E-state index in [2.05, 4.69) is 37.0 Å². The van der Waals surface area contributed by atoms with Gasteiger partial charge in [-0.25, -0.2) is 24.3 Å². The molecule has 2 aromatic carbocycles. The minimum Gasteiger partial charge on any atom is -0.382 e. The van der Waals surface area contributed by atoms with Crippen molar-refractivity contribution >= 4 is 51.0 Å². The summed E-state index contributed by atoms with van der Waals surface area (Å²) >= 11 is 1.38. The zero-order valence-electron chi connectivity index (χ0n) is 24.3. The van der Waals surface area contributed by atoms with E-state index in [1.54, 1.807) is 61.8 Å². The first-order valence-electron chi connectivity index (χ1n) is 13.9. The molecule has 0 radical (unpaired) electrons. The Morgan fingerprint density at radius 2 is 1.84 bits per heavy atom. The third kappa shape index (κ3) is 5.68. The maximum atomic E-state index is 14.0. The second-order valence-electron chi connectivity index (χ2n) is 10.5. The first-order valence-corrected chi connectivity index (χ1v) is 14.7. The maximum absolute atomic E-state index is 14.0. The third-order valence-electron chi connectivity index (χ3n) is 7.35. The molecule has 6 rings (SSSR count). The van der Waals surface area contributed by atoms with Crippen LogP contribution in [0.15, 0.2) is 65.8 Å². The first-order chi connectivity index (χ1) is 21.2. The zero-order chi connectivity index (χ0) is 31.0. The van der Waals surface area contributed by atoms with Crippen LogP contribution < -0.4 is 21.6 Å². The van der Waals surface area contributed by atoms with Crippen LogP contribution in [0, 0.1) is 18.8 Å². The predicted molar refractivity (Wildman–Crippen MR) is 171 cm³/mol. The summed E-state index contributed by atoms with van der Waals surface area (Å²) in [6.45, 7) is 2.43. The smallest absolute Gasteiger partial charge is 0.339 e. The number of benzene rings is 2. The monoisotopic (exact) mass is 607 g/mol. The normalized spacial score (nSPS) is 12.6. The average molecular weight is 608 g/mol. The molecular formula is C31H29N9O3S. The fraction of sp³-hybridized carbons (Fsp3) is 0.226.